The first-order valence-electron chi connectivity index (χ1n) is 7.02. The van der Waals surface area contributed by atoms with Crippen molar-refractivity contribution < 1.29 is 18.6 Å². The molecule has 0 radical (unpaired) electrons. The fourth-order valence-electron chi connectivity index (χ4n) is 2.91. The molecule has 1 aliphatic rings. The van der Waals surface area contributed by atoms with Crippen LogP contribution in [0.3, 0.4) is 0 Å². The molecule has 0 amide bonds. The molecular weight excluding hydrogens is 342 g/mol. The number of H-pyrrole nitrogens is 1. The van der Waals surface area contributed by atoms with E-state index in [0.717, 1.165) is 10.00 Å². The third kappa shape index (κ3) is 2.77. The van der Waals surface area contributed by atoms with Crippen molar-refractivity contribution in [3.63, 3.8) is 0 Å². The van der Waals surface area contributed by atoms with Crippen LogP contribution < -0.4 is 0 Å². The lowest BCUT2D eigenvalue weighted by atomic mass is 9.97. The topological polar surface area (TPSA) is 107 Å². The molecule has 1 aromatic heterocycles. The summed E-state index contributed by atoms with van der Waals surface area (Å²) >= 11 is 5.81. The molecule has 0 spiro atoms. The van der Waals surface area contributed by atoms with E-state index in [1.54, 1.807) is 0 Å². The first-order chi connectivity index (χ1) is 11.0. The predicted molar refractivity (Wildman–Crippen MR) is 83.5 cm³/mol. The van der Waals surface area contributed by atoms with E-state index in [9.17, 15) is 18.6 Å². The molecule has 0 saturated heterocycles. The van der Waals surface area contributed by atoms with Crippen LogP contribution in [-0.4, -0.2) is 52.4 Å². The molecule has 0 bridgehead atoms. The number of halogens is 1. The summed E-state index contributed by atoms with van der Waals surface area (Å²) in [5.41, 5.74) is 1.35. The Morgan fingerprint density at radius 1 is 1.26 bits per heavy atom. The van der Waals surface area contributed by atoms with Crippen molar-refractivity contribution >= 4 is 21.6 Å². The minimum absolute atomic E-state index is 0.0609. The van der Waals surface area contributed by atoms with Crippen molar-refractivity contribution in [2.45, 2.75) is 23.4 Å². The highest BCUT2D eigenvalue weighted by atomic mass is 35.5. The van der Waals surface area contributed by atoms with E-state index in [4.69, 9.17) is 11.6 Å². The summed E-state index contributed by atoms with van der Waals surface area (Å²) in [5, 5.41) is 26.5. The van der Waals surface area contributed by atoms with E-state index >= 15 is 0 Å². The van der Waals surface area contributed by atoms with E-state index in [1.165, 1.54) is 30.5 Å². The number of fused-ring (bicyclic) bond motifs is 1. The van der Waals surface area contributed by atoms with Gasteiger partial charge in [0, 0.05) is 22.7 Å². The third-order valence-corrected chi connectivity index (χ3v) is 6.22. The summed E-state index contributed by atoms with van der Waals surface area (Å²) in [6, 6.07) is 4.32. The highest BCUT2D eigenvalue weighted by molar-refractivity contribution is 7.89. The van der Waals surface area contributed by atoms with Crippen molar-refractivity contribution in [3.05, 3.63) is 46.7 Å². The van der Waals surface area contributed by atoms with Gasteiger partial charge < -0.3 is 10.2 Å². The zero-order valence-corrected chi connectivity index (χ0v) is 13.6. The van der Waals surface area contributed by atoms with Gasteiger partial charge in [-0.05, 0) is 24.3 Å². The molecule has 23 heavy (non-hydrogen) atoms. The van der Waals surface area contributed by atoms with Crippen LogP contribution in [0.1, 0.15) is 17.3 Å². The van der Waals surface area contributed by atoms with Gasteiger partial charge in [-0.2, -0.15) is 9.40 Å². The molecule has 3 N–H and O–H groups in total. The molecule has 3 rings (SSSR count). The van der Waals surface area contributed by atoms with Gasteiger partial charge in [-0.1, -0.05) is 11.6 Å². The lowest BCUT2D eigenvalue weighted by Gasteiger charge is -2.39. The summed E-state index contributed by atoms with van der Waals surface area (Å²) in [6.45, 7) is -0.766. The predicted octanol–water partition coefficient (Wildman–Crippen LogP) is 0.704. The normalized spacial score (nSPS) is 22.0. The van der Waals surface area contributed by atoms with Gasteiger partial charge in [0.2, 0.25) is 10.0 Å². The number of aromatic amines is 1. The van der Waals surface area contributed by atoms with Gasteiger partial charge in [-0.15, -0.1) is 0 Å². The molecule has 0 aliphatic carbocycles. The Kier molecular flexibility index (Phi) is 4.43. The number of aliphatic hydroxyl groups excluding tert-OH is 2. The van der Waals surface area contributed by atoms with Crippen molar-refractivity contribution in [3.8, 4) is 0 Å². The highest BCUT2D eigenvalue weighted by Crippen LogP contribution is 2.36. The number of rotatable bonds is 4. The Bertz CT molecular complexity index is 791. The summed E-state index contributed by atoms with van der Waals surface area (Å²) in [4.78, 5) is 0.0609. The number of nitrogens with one attached hydrogen (secondary N) is 1. The van der Waals surface area contributed by atoms with Crippen molar-refractivity contribution in [2.24, 2.45) is 0 Å². The lowest BCUT2D eigenvalue weighted by Crippen LogP contribution is -2.49. The number of hydrogen-bond acceptors (Lipinski definition) is 5. The standard InChI is InChI=1S/C14H16ClN3O4S/c15-9-1-3-11(4-2-9)23(21,22)18-10(7-19)5-13-12(6-16-17-13)14(18)8-20/h1-4,6,10,14,19-20H,5,7-8H2,(H,16,17). The monoisotopic (exact) mass is 357 g/mol. The van der Waals surface area contributed by atoms with E-state index < -0.39 is 28.7 Å². The molecule has 124 valence electrons. The smallest absolute Gasteiger partial charge is 0.244 e. The molecule has 7 nitrogen and oxygen atoms in total. The maximum absolute atomic E-state index is 13.0. The Morgan fingerprint density at radius 2 is 1.96 bits per heavy atom. The minimum Gasteiger partial charge on any atom is -0.395 e. The van der Waals surface area contributed by atoms with E-state index in [1.807, 2.05) is 0 Å². The van der Waals surface area contributed by atoms with Gasteiger partial charge in [-0.3, -0.25) is 5.10 Å². The Morgan fingerprint density at radius 3 is 2.57 bits per heavy atom. The fraction of sp³-hybridized carbons (Fsp3) is 0.357. The molecule has 0 saturated carbocycles. The first kappa shape index (κ1) is 16.4. The van der Waals surface area contributed by atoms with Crippen LogP contribution in [0, 0.1) is 0 Å². The molecule has 0 fully saturated rings. The number of aromatic nitrogens is 2. The number of sulfonamides is 1. The van der Waals surface area contributed by atoms with Gasteiger partial charge in [0.25, 0.3) is 0 Å². The quantitative estimate of drug-likeness (QED) is 0.747. The van der Waals surface area contributed by atoms with Crippen molar-refractivity contribution in [1.29, 1.82) is 0 Å². The van der Waals surface area contributed by atoms with Gasteiger partial charge in [0.1, 0.15) is 0 Å². The number of benzene rings is 1. The zero-order chi connectivity index (χ0) is 16.6. The van der Waals surface area contributed by atoms with Gasteiger partial charge in [0.15, 0.2) is 0 Å². The number of nitrogens with zero attached hydrogens (tertiary/aromatic N) is 2. The molecule has 1 aromatic carbocycles. The summed E-state index contributed by atoms with van der Waals surface area (Å²) < 4.78 is 27.2. The zero-order valence-electron chi connectivity index (χ0n) is 12.1. The Labute approximate surface area is 138 Å². The van der Waals surface area contributed by atoms with Crippen LogP contribution in [0.4, 0.5) is 0 Å². The van der Waals surface area contributed by atoms with Gasteiger partial charge in [0.05, 0.1) is 36.4 Å². The summed E-state index contributed by atoms with van der Waals surface area (Å²) in [6.07, 6.45) is 1.81. The van der Waals surface area contributed by atoms with Crippen molar-refractivity contribution in [2.75, 3.05) is 13.2 Å². The Hall–Kier alpha value is -1.45. The van der Waals surface area contributed by atoms with Crippen LogP contribution in [0.25, 0.3) is 0 Å². The summed E-state index contributed by atoms with van der Waals surface area (Å²) in [7, 11) is -3.91. The van der Waals surface area contributed by atoms with E-state index in [0.29, 0.717) is 17.0 Å². The maximum Gasteiger partial charge on any atom is 0.244 e. The van der Waals surface area contributed by atoms with Crippen LogP contribution in [-0.2, 0) is 16.4 Å². The van der Waals surface area contributed by atoms with Gasteiger partial charge >= 0.3 is 0 Å². The van der Waals surface area contributed by atoms with Crippen LogP contribution in [0.5, 0.6) is 0 Å². The van der Waals surface area contributed by atoms with E-state index in [2.05, 4.69) is 10.2 Å². The molecule has 2 heterocycles. The average Bonchev–Trinajstić information content (AvgIpc) is 3.01. The second kappa shape index (κ2) is 6.21. The average molecular weight is 358 g/mol. The maximum atomic E-state index is 13.0. The third-order valence-electron chi connectivity index (χ3n) is 3.99. The number of hydrogen-bond donors (Lipinski definition) is 3. The molecular formula is C14H16ClN3O4S. The van der Waals surface area contributed by atoms with E-state index in [-0.39, 0.29) is 11.5 Å². The van der Waals surface area contributed by atoms with Gasteiger partial charge in [-0.25, -0.2) is 8.42 Å². The number of aliphatic hydroxyl groups is 2. The minimum atomic E-state index is -3.91. The Balaban J connectivity index is 2.09. The largest absolute Gasteiger partial charge is 0.395 e. The molecule has 9 heteroatoms. The first-order valence-corrected chi connectivity index (χ1v) is 8.83. The fourth-order valence-corrected chi connectivity index (χ4v) is 4.80. The molecule has 2 atom stereocenters. The molecule has 1 aliphatic heterocycles. The van der Waals surface area contributed by atoms with Crippen LogP contribution >= 0.6 is 11.6 Å². The SMILES string of the molecule is O=S(=O)(c1ccc(Cl)cc1)N1C(CO)Cc2[nH]ncc2C1CO. The van der Waals surface area contributed by atoms with Crippen LogP contribution in [0.2, 0.25) is 5.02 Å². The second-order valence-electron chi connectivity index (χ2n) is 5.33. The highest BCUT2D eigenvalue weighted by Gasteiger charge is 2.42. The summed E-state index contributed by atoms with van der Waals surface area (Å²) in [5.74, 6) is 0. The molecule has 2 aromatic rings. The van der Waals surface area contributed by atoms with Crippen LogP contribution in [0.15, 0.2) is 35.4 Å². The molecule has 2 unspecified atom stereocenters. The second-order valence-corrected chi connectivity index (χ2v) is 7.61. The lowest BCUT2D eigenvalue weighted by molar-refractivity contribution is 0.107. The van der Waals surface area contributed by atoms with Crippen molar-refractivity contribution in [1.82, 2.24) is 14.5 Å².